The lowest BCUT2D eigenvalue weighted by Gasteiger charge is -2.33. The fourth-order valence-corrected chi connectivity index (χ4v) is 2.41. The van der Waals surface area contributed by atoms with Crippen LogP contribution >= 0.6 is 0 Å². The van der Waals surface area contributed by atoms with E-state index in [2.05, 4.69) is 38.5 Å². The zero-order chi connectivity index (χ0) is 13.0. The maximum atomic E-state index is 4.56. The average molecular weight is 249 g/mol. The molecule has 1 aromatic rings. The Hall–Kier alpha value is -1.36. The van der Waals surface area contributed by atoms with Crippen molar-refractivity contribution in [3.05, 3.63) is 11.9 Å². The minimum Gasteiger partial charge on any atom is -0.370 e. The second-order valence-corrected chi connectivity index (χ2v) is 4.76. The fourth-order valence-electron chi connectivity index (χ4n) is 2.41. The Morgan fingerprint density at radius 2 is 2.28 bits per heavy atom. The van der Waals surface area contributed by atoms with Gasteiger partial charge in [-0.05, 0) is 33.7 Å². The van der Waals surface area contributed by atoms with Crippen LogP contribution < -0.4 is 15.5 Å². The number of hydrogen-bond donors (Lipinski definition) is 2. The smallest absolute Gasteiger partial charge is 0.134 e. The van der Waals surface area contributed by atoms with Crippen molar-refractivity contribution >= 4 is 11.6 Å². The van der Waals surface area contributed by atoms with E-state index >= 15 is 0 Å². The van der Waals surface area contributed by atoms with Crippen molar-refractivity contribution in [1.29, 1.82) is 0 Å². The van der Waals surface area contributed by atoms with Crippen LogP contribution in [-0.2, 0) is 0 Å². The SMILES string of the molecule is CCNc1cc(N2CCCC(NC)C2)nc(C)n1. The topological polar surface area (TPSA) is 53.1 Å². The van der Waals surface area contributed by atoms with Crippen molar-refractivity contribution in [1.82, 2.24) is 15.3 Å². The summed E-state index contributed by atoms with van der Waals surface area (Å²) in [4.78, 5) is 11.3. The highest BCUT2D eigenvalue weighted by Crippen LogP contribution is 2.20. The molecule has 1 unspecified atom stereocenters. The molecule has 0 amide bonds. The Morgan fingerprint density at radius 1 is 1.44 bits per heavy atom. The first-order valence-electron chi connectivity index (χ1n) is 6.74. The molecule has 2 N–H and O–H groups in total. The number of likely N-dealkylation sites (N-methyl/N-ethyl adjacent to an activating group) is 1. The van der Waals surface area contributed by atoms with Gasteiger partial charge in [0, 0.05) is 31.7 Å². The maximum Gasteiger partial charge on any atom is 0.134 e. The number of aromatic nitrogens is 2. The molecule has 0 aliphatic carbocycles. The number of piperidine rings is 1. The molecule has 0 saturated carbocycles. The Kier molecular flexibility index (Phi) is 4.36. The van der Waals surface area contributed by atoms with E-state index in [0.717, 1.165) is 37.1 Å². The van der Waals surface area contributed by atoms with Gasteiger partial charge in [0.05, 0.1) is 0 Å². The third kappa shape index (κ3) is 3.10. The minimum atomic E-state index is 0.566. The second-order valence-electron chi connectivity index (χ2n) is 4.76. The van der Waals surface area contributed by atoms with Gasteiger partial charge in [0.2, 0.25) is 0 Å². The van der Waals surface area contributed by atoms with Gasteiger partial charge in [-0.1, -0.05) is 0 Å². The van der Waals surface area contributed by atoms with Gasteiger partial charge in [-0.3, -0.25) is 0 Å². The van der Waals surface area contributed by atoms with Gasteiger partial charge in [-0.25, -0.2) is 9.97 Å². The van der Waals surface area contributed by atoms with Gasteiger partial charge in [0.1, 0.15) is 17.5 Å². The van der Waals surface area contributed by atoms with Crippen LogP contribution in [0.4, 0.5) is 11.6 Å². The first-order valence-corrected chi connectivity index (χ1v) is 6.74. The Labute approximate surface area is 109 Å². The minimum absolute atomic E-state index is 0.566. The first-order chi connectivity index (χ1) is 8.72. The summed E-state index contributed by atoms with van der Waals surface area (Å²) < 4.78 is 0. The lowest BCUT2D eigenvalue weighted by molar-refractivity contribution is 0.447. The summed E-state index contributed by atoms with van der Waals surface area (Å²) in [5.74, 6) is 2.79. The molecule has 1 aromatic heterocycles. The monoisotopic (exact) mass is 249 g/mol. The molecule has 1 atom stereocenters. The van der Waals surface area contributed by atoms with Crippen molar-refractivity contribution in [3.8, 4) is 0 Å². The summed E-state index contributed by atoms with van der Waals surface area (Å²) in [5, 5.41) is 6.62. The zero-order valence-electron chi connectivity index (χ0n) is 11.5. The number of nitrogens with one attached hydrogen (secondary N) is 2. The molecule has 0 radical (unpaired) electrons. The van der Waals surface area contributed by atoms with Crippen molar-refractivity contribution in [2.24, 2.45) is 0 Å². The number of anilines is 2. The molecule has 0 aromatic carbocycles. The molecule has 0 spiro atoms. The highest BCUT2D eigenvalue weighted by Gasteiger charge is 2.20. The van der Waals surface area contributed by atoms with Crippen molar-refractivity contribution in [3.63, 3.8) is 0 Å². The van der Waals surface area contributed by atoms with Gasteiger partial charge >= 0.3 is 0 Å². The molecule has 100 valence electrons. The van der Waals surface area contributed by atoms with E-state index in [0.29, 0.717) is 6.04 Å². The molecule has 0 bridgehead atoms. The highest BCUT2D eigenvalue weighted by atomic mass is 15.2. The van der Waals surface area contributed by atoms with Gasteiger partial charge in [0.25, 0.3) is 0 Å². The highest BCUT2D eigenvalue weighted by molar-refractivity contribution is 5.49. The molecule has 1 saturated heterocycles. The summed E-state index contributed by atoms with van der Waals surface area (Å²) in [5.41, 5.74) is 0. The normalized spacial score (nSPS) is 19.9. The summed E-state index contributed by atoms with van der Waals surface area (Å²) in [7, 11) is 2.03. The molecule has 1 aliphatic rings. The van der Waals surface area contributed by atoms with Crippen molar-refractivity contribution in [2.75, 3.05) is 36.9 Å². The van der Waals surface area contributed by atoms with Crippen LogP contribution in [0.3, 0.4) is 0 Å². The van der Waals surface area contributed by atoms with Crippen LogP contribution in [0.1, 0.15) is 25.6 Å². The number of aryl methyl sites for hydroxylation is 1. The largest absolute Gasteiger partial charge is 0.370 e. The van der Waals surface area contributed by atoms with Crippen LogP contribution in [0.25, 0.3) is 0 Å². The number of nitrogens with zero attached hydrogens (tertiary/aromatic N) is 3. The summed E-state index contributed by atoms with van der Waals surface area (Å²) in [6.45, 7) is 7.02. The fraction of sp³-hybridized carbons (Fsp3) is 0.692. The van der Waals surface area contributed by atoms with E-state index in [9.17, 15) is 0 Å². The summed E-state index contributed by atoms with van der Waals surface area (Å²) >= 11 is 0. The van der Waals surface area contributed by atoms with Crippen molar-refractivity contribution in [2.45, 2.75) is 32.7 Å². The molecular weight excluding hydrogens is 226 g/mol. The molecule has 2 heterocycles. The molecule has 5 heteroatoms. The van der Waals surface area contributed by atoms with Gasteiger partial charge < -0.3 is 15.5 Å². The van der Waals surface area contributed by atoms with E-state index in [-0.39, 0.29) is 0 Å². The van der Waals surface area contributed by atoms with Gasteiger partial charge in [0.15, 0.2) is 0 Å². The standard InChI is InChI=1S/C13H23N5/c1-4-15-12-8-13(17-10(2)16-12)18-7-5-6-11(9-18)14-3/h8,11,14H,4-7,9H2,1-3H3,(H,15,16,17). The lowest BCUT2D eigenvalue weighted by Crippen LogP contribution is -2.44. The molecule has 1 aliphatic heterocycles. The van der Waals surface area contributed by atoms with Crippen LogP contribution in [-0.4, -0.2) is 42.7 Å². The van der Waals surface area contributed by atoms with Crippen LogP contribution in [0.15, 0.2) is 6.07 Å². The molecule has 5 nitrogen and oxygen atoms in total. The summed E-state index contributed by atoms with van der Waals surface area (Å²) in [6, 6.07) is 2.62. The molecule has 2 rings (SSSR count). The quantitative estimate of drug-likeness (QED) is 0.845. The predicted octanol–water partition coefficient (Wildman–Crippen LogP) is 1.41. The lowest BCUT2D eigenvalue weighted by atomic mass is 10.1. The third-order valence-electron chi connectivity index (χ3n) is 3.34. The Bertz CT molecular complexity index is 393. The maximum absolute atomic E-state index is 4.56. The zero-order valence-corrected chi connectivity index (χ0v) is 11.5. The van der Waals surface area contributed by atoms with E-state index in [1.165, 1.54) is 12.8 Å². The van der Waals surface area contributed by atoms with Crippen LogP contribution in [0.2, 0.25) is 0 Å². The van der Waals surface area contributed by atoms with E-state index in [1.54, 1.807) is 0 Å². The number of hydrogen-bond acceptors (Lipinski definition) is 5. The third-order valence-corrected chi connectivity index (χ3v) is 3.34. The first kappa shape index (κ1) is 13.1. The summed E-state index contributed by atoms with van der Waals surface area (Å²) in [6.07, 6.45) is 2.46. The Morgan fingerprint density at radius 3 is 3.00 bits per heavy atom. The van der Waals surface area contributed by atoms with Gasteiger partial charge in [-0.2, -0.15) is 0 Å². The molecule has 1 fully saturated rings. The van der Waals surface area contributed by atoms with Crippen LogP contribution in [0, 0.1) is 6.92 Å². The molecule has 18 heavy (non-hydrogen) atoms. The van der Waals surface area contributed by atoms with E-state index in [4.69, 9.17) is 0 Å². The van der Waals surface area contributed by atoms with E-state index < -0.39 is 0 Å². The van der Waals surface area contributed by atoms with E-state index in [1.807, 2.05) is 14.0 Å². The number of rotatable bonds is 4. The van der Waals surface area contributed by atoms with Crippen LogP contribution in [0.5, 0.6) is 0 Å². The average Bonchev–Trinajstić information content (AvgIpc) is 2.38. The molecular formula is C13H23N5. The Balaban J connectivity index is 2.16. The predicted molar refractivity (Wildman–Crippen MR) is 75.2 cm³/mol. The van der Waals surface area contributed by atoms with Gasteiger partial charge in [-0.15, -0.1) is 0 Å². The second kappa shape index (κ2) is 6.00. The van der Waals surface area contributed by atoms with Crippen molar-refractivity contribution < 1.29 is 0 Å².